The van der Waals surface area contributed by atoms with Crippen LogP contribution in [-0.4, -0.2) is 38.6 Å². The molecule has 0 aromatic heterocycles. The van der Waals surface area contributed by atoms with Gasteiger partial charge in [-0.3, -0.25) is 4.99 Å². The van der Waals surface area contributed by atoms with Crippen LogP contribution in [0.2, 0.25) is 0 Å². The van der Waals surface area contributed by atoms with Gasteiger partial charge in [0.15, 0.2) is 0 Å². The normalized spacial score (nSPS) is 15.0. The number of ether oxygens (including phenoxy) is 2. The minimum atomic E-state index is -0.498. The molecule has 34 heavy (non-hydrogen) atoms. The van der Waals surface area contributed by atoms with Gasteiger partial charge in [0.25, 0.3) is 0 Å². The summed E-state index contributed by atoms with van der Waals surface area (Å²) in [6.45, 7) is 10.8. The first-order valence-corrected chi connectivity index (χ1v) is 11.3. The highest BCUT2D eigenvalue weighted by Crippen LogP contribution is 2.39. The number of aliphatic imine (C=N–C) groups is 1. The van der Waals surface area contributed by atoms with Crippen molar-refractivity contribution >= 4 is 35.0 Å². The minimum Gasteiger partial charge on any atom is -0.491 e. The zero-order valence-electron chi connectivity index (χ0n) is 20.2. The van der Waals surface area contributed by atoms with Crippen molar-refractivity contribution in [3.05, 3.63) is 54.4 Å². The number of nitrogens with one attached hydrogen (secondary N) is 3. The van der Waals surface area contributed by atoms with Gasteiger partial charge in [-0.1, -0.05) is 20.4 Å². The van der Waals surface area contributed by atoms with Crippen molar-refractivity contribution in [3.8, 4) is 5.75 Å². The molecule has 0 unspecified atom stereocenters. The molecule has 2 amide bonds. The molecule has 8 heteroatoms. The molecule has 1 aliphatic rings. The van der Waals surface area contributed by atoms with E-state index in [0.29, 0.717) is 47.1 Å². The third-order valence-corrected chi connectivity index (χ3v) is 5.54. The number of benzene rings is 2. The van der Waals surface area contributed by atoms with E-state index in [-0.39, 0.29) is 17.6 Å². The molecule has 1 saturated carbocycles. The summed E-state index contributed by atoms with van der Waals surface area (Å²) < 4.78 is 25.4. The highest BCUT2D eigenvalue weighted by Gasteiger charge is 2.36. The Morgan fingerprint density at radius 1 is 1.18 bits per heavy atom. The molecule has 0 bridgehead atoms. The molecule has 0 radical (unpaired) electrons. The average Bonchev–Trinajstić information content (AvgIpc) is 2.74. The molecule has 0 saturated heterocycles. The van der Waals surface area contributed by atoms with Crippen LogP contribution in [-0.2, 0) is 4.74 Å². The third kappa shape index (κ3) is 6.81. The van der Waals surface area contributed by atoms with E-state index in [1.807, 2.05) is 0 Å². The van der Waals surface area contributed by atoms with E-state index in [0.717, 1.165) is 12.8 Å². The van der Waals surface area contributed by atoms with E-state index in [1.165, 1.54) is 6.07 Å². The number of nitrogens with zero attached hydrogens (tertiary/aromatic N) is 1. The number of carbonyl (C=O) groups excluding carboxylic acids is 1. The van der Waals surface area contributed by atoms with Crippen LogP contribution in [0, 0.1) is 11.2 Å². The molecule has 2 aromatic rings. The Balaban J connectivity index is 1.63. The predicted octanol–water partition coefficient (Wildman–Crippen LogP) is 5.97. The van der Waals surface area contributed by atoms with Crippen molar-refractivity contribution in [1.82, 2.24) is 5.32 Å². The van der Waals surface area contributed by atoms with Gasteiger partial charge in [-0.25, -0.2) is 9.18 Å². The smallest absolute Gasteiger partial charge is 0.319 e. The molecule has 0 heterocycles. The average molecular weight is 469 g/mol. The fourth-order valence-corrected chi connectivity index (χ4v) is 4.04. The molecule has 0 spiro atoms. The number of halogens is 1. The Bertz CT molecular complexity index is 1040. The van der Waals surface area contributed by atoms with Crippen LogP contribution in [0.15, 0.2) is 48.0 Å². The van der Waals surface area contributed by atoms with Gasteiger partial charge in [-0.2, -0.15) is 0 Å². The molecule has 1 fully saturated rings. The Hall–Kier alpha value is -3.39. The number of rotatable bonds is 10. The highest BCUT2D eigenvalue weighted by molar-refractivity contribution is 5.90. The lowest BCUT2D eigenvalue weighted by atomic mass is 9.68. The van der Waals surface area contributed by atoms with E-state index < -0.39 is 5.82 Å². The maximum atomic E-state index is 14.9. The molecule has 3 rings (SSSR count). The van der Waals surface area contributed by atoms with Crippen LogP contribution in [0.4, 0.5) is 26.2 Å². The SMILES string of the molecule is C=C(Nc1ccc(NC(=O)NC2CC(C)(C)C2)cc1)c1c(F)cc(OCCOC)cc1N=CC. The van der Waals surface area contributed by atoms with Gasteiger partial charge < -0.3 is 25.4 Å². The van der Waals surface area contributed by atoms with Gasteiger partial charge in [-0.05, 0) is 49.4 Å². The number of carbonyl (C=O) groups is 1. The van der Waals surface area contributed by atoms with Gasteiger partial charge in [0.1, 0.15) is 18.2 Å². The molecule has 0 aliphatic heterocycles. The predicted molar refractivity (Wildman–Crippen MR) is 136 cm³/mol. The highest BCUT2D eigenvalue weighted by atomic mass is 19.1. The van der Waals surface area contributed by atoms with Gasteiger partial charge >= 0.3 is 6.03 Å². The van der Waals surface area contributed by atoms with Crippen molar-refractivity contribution in [2.75, 3.05) is 31.0 Å². The van der Waals surface area contributed by atoms with Crippen molar-refractivity contribution < 1.29 is 18.7 Å². The Morgan fingerprint density at radius 3 is 2.41 bits per heavy atom. The minimum absolute atomic E-state index is 0.214. The molecule has 0 atom stereocenters. The number of hydrogen-bond acceptors (Lipinski definition) is 5. The molecule has 1 aliphatic carbocycles. The van der Waals surface area contributed by atoms with Crippen molar-refractivity contribution in [1.29, 1.82) is 0 Å². The summed E-state index contributed by atoms with van der Waals surface area (Å²) in [6, 6.07) is 10.1. The summed E-state index contributed by atoms with van der Waals surface area (Å²) in [5.74, 6) is -0.131. The second kappa shape index (κ2) is 11.2. The second-order valence-corrected chi connectivity index (χ2v) is 9.08. The van der Waals surface area contributed by atoms with E-state index in [9.17, 15) is 9.18 Å². The first-order chi connectivity index (χ1) is 16.2. The van der Waals surface area contributed by atoms with Crippen LogP contribution in [0.25, 0.3) is 5.70 Å². The maximum Gasteiger partial charge on any atom is 0.319 e. The van der Waals surface area contributed by atoms with E-state index in [2.05, 4.69) is 41.4 Å². The lowest BCUT2D eigenvalue weighted by Crippen LogP contribution is -2.49. The fourth-order valence-electron chi connectivity index (χ4n) is 4.04. The molecular formula is C26H33FN4O3. The van der Waals surface area contributed by atoms with Crippen molar-refractivity contribution in [2.45, 2.75) is 39.7 Å². The van der Waals surface area contributed by atoms with Gasteiger partial charge in [0.05, 0.1) is 17.9 Å². The number of hydrogen-bond donors (Lipinski definition) is 3. The number of anilines is 2. The standard InChI is InChI=1S/C26H33FN4O3/c1-6-28-23-14-21(34-12-11-33-5)13-22(27)24(23)17(2)29-18-7-9-19(10-8-18)30-25(32)31-20-15-26(3,4)16-20/h6-10,13-14,20,29H,2,11-12,15-16H2,1,3-5H3,(H2,30,31,32). The fraction of sp³-hybridized carbons (Fsp3) is 0.385. The van der Waals surface area contributed by atoms with Crippen LogP contribution < -0.4 is 20.7 Å². The van der Waals surface area contributed by atoms with Gasteiger partial charge in [0, 0.05) is 48.6 Å². The van der Waals surface area contributed by atoms with Crippen LogP contribution in [0.5, 0.6) is 5.75 Å². The van der Waals surface area contributed by atoms with Gasteiger partial charge in [-0.15, -0.1) is 0 Å². The number of methoxy groups -OCH3 is 1. The molecular weight excluding hydrogens is 435 g/mol. The zero-order valence-corrected chi connectivity index (χ0v) is 20.2. The third-order valence-electron chi connectivity index (χ3n) is 5.54. The first kappa shape index (κ1) is 25.2. The lowest BCUT2D eigenvalue weighted by Gasteiger charge is -2.42. The molecule has 3 N–H and O–H groups in total. The number of amides is 2. The lowest BCUT2D eigenvalue weighted by molar-refractivity contribution is 0.132. The summed E-state index contributed by atoms with van der Waals surface area (Å²) in [5.41, 5.74) is 2.67. The Morgan fingerprint density at radius 2 is 1.82 bits per heavy atom. The van der Waals surface area contributed by atoms with Gasteiger partial charge in [0.2, 0.25) is 0 Å². The molecule has 7 nitrogen and oxygen atoms in total. The summed E-state index contributed by atoms with van der Waals surface area (Å²) in [5, 5.41) is 8.93. The van der Waals surface area contributed by atoms with Crippen molar-refractivity contribution in [2.24, 2.45) is 10.4 Å². The summed E-state index contributed by atoms with van der Waals surface area (Å²) in [7, 11) is 1.57. The van der Waals surface area contributed by atoms with E-state index in [4.69, 9.17) is 9.47 Å². The van der Waals surface area contributed by atoms with Crippen LogP contribution in [0.3, 0.4) is 0 Å². The first-order valence-electron chi connectivity index (χ1n) is 11.3. The zero-order chi connectivity index (χ0) is 24.7. The van der Waals surface area contributed by atoms with E-state index in [1.54, 1.807) is 50.6 Å². The number of urea groups is 1. The molecule has 182 valence electrons. The second-order valence-electron chi connectivity index (χ2n) is 9.08. The summed E-state index contributed by atoms with van der Waals surface area (Å²) >= 11 is 0. The largest absolute Gasteiger partial charge is 0.491 e. The van der Waals surface area contributed by atoms with Crippen LogP contribution >= 0.6 is 0 Å². The van der Waals surface area contributed by atoms with Crippen molar-refractivity contribution in [3.63, 3.8) is 0 Å². The summed E-state index contributed by atoms with van der Waals surface area (Å²) in [4.78, 5) is 16.5. The van der Waals surface area contributed by atoms with Crippen LogP contribution in [0.1, 0.15) is 39.2 Å². The van der Waals surface area contributed by atoms with E-state index >= 15 is 0 Å². The quantitative estimate of drug-likeness (QED) is 0.296. The monoisotopic (exact) mass is 468 g/mol. The maximum absolute atomic E-state index is 14.9. The summed E-state index contributed by atoms with van der Waals surface area (Å²) in [6.07, 6.45) is 3.54. The topological polar surface area (TPSA) is 84.0 Å². The Kier molecular flexibility index (Phi) is 8.28. The Labute approximate surface area is 200 Å². The molecule has 2 aromatic carbocycles.